The molecule has 0 aromatic carbocycles. The van der Waals surface area contributed by atoms with Gasteiger partial charge in [0.1, 0.15) is 0 Å². The van der Waals surface area contributed by atoms with Crippen molar-refractivity contribution in [2.24, 2.45) is 5.92 Å². The molecule has 0 aliphatic heterocycles. The van der Waals surface area contributed by atoms with Crippen molar-refractivity contribution >= 4 is 11.6 Å². The molecule has 0 bridgehead atoms. The molecule has 0 radical (unpaired) electrons. The molecule has 1 aliphatic carbocycles. The second-order valence-corrected chi connectivity index (χ2v) is 4.80. The maximum absolute atomic E-state index is 12.3. The molecule has 5 heteroatoms. The Morgan fingerprint density at radius 2 is 2.25 bits per heavy atom. The van der Waals surface area contributed by atoms with E-state index in [1.54, 1.807) is 23.3 Å². The number of amides is 1. The second kappa shape index (κ2) is 5.69. The van der Waals surface area contributed by atoms with Crippen molar-refractivity contribution in [3.63, 3.8) is 0 Å². The van der Waals surface area contributed by atoms with Crippen LogP contribution in [0.5, 0.6) is 0 Å². The third-order valence-electron chi connectivity index (χ3n) is 3.41. The van der Waals surface area contributed by atoms with Crippen LogP contribution in [0.3, 0.4) is 0 Å². The summed E-state index contributed by atoms with van der Waals surface area (Å²) in [6.45, 7) is 0. The molecule has 5 nitrogen and oxygen atoms in total. The highest BCUT2D eigenvalue weighted by Gasteiger charge is 2.20. The largest absolute Gasteiger partial charge is 0.323 e. The molecule has 0 saturated carbocycles. The quantitative estimate of drug-likeness (QED) is 0.870. The van der Waals surface area contributed by atoms with Gasteiger partial charge in [0.05, 0.1) is 5.69 Å². The monoisotopic (exact) mass is 268 g/mol. The first-order valence-electron chi connectivity index (χ1n) is 6.75. The van der Waals surface area contributed by atoms with E-state index in [9.17, 15) is 4.79 Å². The number of carbonyl (C=O) groups excluding carboxylic acids is 1. The van der Waals surface area contributed by atoms with Gasteiger partial charge in [0.25, 0.3) is 0 Å². The molecule has 2 aromatic heterocycles. The van der Waals surface area contributed by atoms with Gasteiger partial charge in [-0.2, -0.15) is 5.10 Å². The summed E-state index contributed by atoms with van der Waals surface area (Å²) in [6, 6.07) is 5.48. The van der Waals surface area contributed by atoms with Crippen LogP contribution in [0.1, 0.15) is 19.3 Å². The summed E-state index contributed by atoms with van der Waals surface area (Å²) in [7, 11) is 0. The van der Waals surface area contributed by atoms with E-state index in [4.69, 9.17) is 0 Å². The van der Waals surface area contributed by atoms with Gasteiger partial charge in [-0.15, -0.1) is 0 Å². The Hall–Kier alpha value is -2.43. The van der Waals surface area contributed by atoms with Gasteiger partial charge >= 0.3 is 0 Å². The van der Waals surface area contributed by atoms with Gasteiger partial charge in [-0.1, -0.05) is 12.2 Å². The van der Waals surface area contributed by atoms with Crippen molar-refractivity contribution in [3.8, 4) is 5.82 Å². The molecule has 0 spiro atoms. The van der Waals surface area contributed by atoms with E-state index in [-0.39, 0.29) is 11.8 Å². The fourth-order valence-corrected chi connectivity index (χ4v) is 2.34. The lowest BCUT2D eigenvalue weighted by Crippen LogP contribution is -2.24. The minimum atomic E-state index is 0.0469. The summed E-state index contributed by atoms with van der Waals surface area (Å²) in [4.78, 5) is 16.6. The lowest BCUT2D eigenvalue weighted by molar-refractivity contribution is -0.120. The van der Waals surface area contributed by atoms with Crippen LogP contribution >= 0.6 is 0 Å². The standard InChI is InChI=1S/C15H16N4O/c20-15(12-6-2-1-3-7-12)18-13-8-4-9-16-14(13)19-11-5-10-17-19/h1-2,4-5,8-12H,3,6-7H2,(H,18,20)/t12-/m0/s1. The lowest BCUT2D eigenvalue weighted by Gasteiger charge is -2.18. The summed E-state index contributed by atoms with van der Waals surface area (Å²) >= 11 is 0. The van der Waals surface area contributed by atoms with E-state index in [2.05, 4.69) is 27.6 Å². The number of rotatable bonds is 3. The summed E-state index contributed by atoms with van der Waals surface area (Å²) in [5.74, 6) is 0.735. The van der Waals surface area contributed by atoms with Crippen LogP contribution in [0.2, 0.25) is 0 Å². The molecule has 2 aromatic rings. The Morgan fingerprint density at radius 1 is 1.30 bits per heavy atom. The normalized spacial score (nSPS) is 17.9. The van der Waals surface area contributed by atoms with E-state index in [1.807, 2.05) is 18.2 Å². The van der Waals surface area contributed by atoms with E-state index in [0.717, 1.165) is 19.3 Å². The summed E-state index contributed by atoms with van der Waals surface area (Å²) < 4.78 is 1.65. The van der Waals surface area contributed by atoms with Crippen LogP contribution in [0, 0.1) is 5.92 Å². The average Bonchev–Trinajstić information content (AvgIpc) is 3.03. The third kappa shape index (κ3) is 2.61. The molecule has 1 atom stereocenters. The predicted octanol–water partition coefficient (Wildman–Crippen LogP) is 2.56. The fourth-order valence-electron chi connectivity index (χ4n) is 2.34. The van der Waals surface area contributed by atoms with Crippen LogP contribution in [0.15, 0.2) is 48.9 Å². The Morgan fingerprint density at radius 3 is 3.00 bits per heavy atom. The molecule has 0 unspecified atom stereocenters. The number of hydrogen-bond acceptors (Lipinski definition) is 3. The zero-order valence-corrected chi connectivity index (χ0v) is 11.1. The van der Waals surface area contributed by atoms with Crippen LogP contribution in [0.25, 0.3) is 5.82 Å². The van der Waals surface area contributed by atoms with Gasteiger partial charge in [-0.25, -0.2) is 9.67 Å². The molecule has 0 fully saturated rings. The Kier molecular flexibility index (Phi) is 3.58. The van der Waals surface area contributed by atoms with Gasteiger partial charge in [0.15, 0.2) is 5.82 Å². The zero-order valence-electron chi connectivity index (χ0n) is 11.1. The number of anilines is 1. The molecule has 3 rings (SSSR count). The summed E-state index contributed by atoms with van der Waals surface area (Å²) in [6.07, 6.45) is 12.1. The number of nitrogens with zero attached hydrogens (tertiary/aromatic N) is 3. The molecule has 1 aliphatic rings. The third-order valence-corrected chi connectivity index (χ3v) is 3.41. The number of carbonyl (C=O) groups is 1. The van der Waals surface area contributed by atoms with Crippen LogP contribution in [-0.4, -0.2) is 20.7 Å². The minimum absolute atomic E-state index is 0.0469. The van der Waals surface area contributed by atoms with Crippen molar-refractivity contribution in [1.29, 1.82) is 0 Å². The average molecular weight is 268 g/mol. The fraction of sp³-hybridized carbons (Fsp3) is 0.267. The molecule has 20 heavy (non-hydrogen) atoms. The smallest absolute Gasteiger partial charge is 0.227 e. The lowest BCUT2D eigenvalue weighted by atomic mass is 9.93. The van der Waals surface area contributed by atoms with Gasteiger partial charge in [0.2, 0.25) is 5.91 Å². The molecule has 102 valence electrons. The highest BCUT2D eigenvalue weighted by molar-refractivity contribution is 5.94. The van der Waals surface area contributed by atoms with Crippen molar-refractivity contribution in [3.05, 3.63) is 48.9 Å². The molecular weight excluding hydrogens is 252 g/mol. The van der Waals surface area contributed by atoms with E-state index < -0.39 is 0 Å². The van der Waals surface area contributed by atoms with Gasteiger partial charge in [0, 0.05) is 24.5 Å². The first-order valence-corrected chi connectivity index (χ1v) is 6.75. The van der Waals surface area contributed by atoms with Gasteiger partial charge in [-0.05, 0) is 37.5 Å². The van der Waals surface area contributed by atoms with E-state index in [1.165, 1.54) is 0 Å². The number of allylic oxidation sites excluding steroid dienone is 2. The maximum atomic E-state index is 12.3. The summed E-state index contributed by atoms with van der Waals surface area (Å²) in [5.41, 5.74) is 0.691. The first kappa shape index (κ1) is 12.6. The summed E-state index contributed by atoms with van der Waals surface area (Å²) in [5, 5.41) is 7.13. The SMILES string of the molecule is O=C(Nc1cccnc1-n1cccn1)[C@H]1CC=CCC1. The van der Waals surface area contributed by atoms with E-state index in [0.29, 0.717) is 11.5 Å². The molecule has 1 N–H and O–H groups in total. The topological polar surface area (TPSA) is 59.8 Å². The number of aromatic nitrogens is 3. The van der Waals surface area contributed by atoms with Gasteiger partial charge in [-0.3, -0.25) is 4.79 Å². The van der Waals surface area contributed by atoms with Gasteiger partial charge < -0.3 is 5.32 Å². The predicted molar refractivity (Wildman–Crippen MR) is 76.5 cm³/mol. The molecule has 2 heterocycles. The highest BCUT2D eigenvalue weighted by atomic mass is 16.1. The highest BCUT2D eigenvalue weighted by Crippen LogP contribution is 2.22. The number of pyridine rings is 1. The van der Waals surface area contributed by atoms with Crippen molar-refractivity contribution in [2.75, 3.05) is 5.32 Å². The first-order chi connectivity index (χ1) is 9.84. The Labute approximate surface area is 117 Å². The van der Waals surface area contributed by atoms with Crippen LogP contribution < -0.4 is 5.32 Å². The number of nitrogens with one attached hydrogen (secondary N) is 1. The minimum Gasteiger partial charge on any atom is -0.323 e. The Balaban J connectivity index is 1.81. The molecule has 1 amide bonds. The zero-order chi connectivity index (χ0) is 13.8. The van der Waals surface area contributed by atoms with Crippen LogP contribution in [-0.2, 0) is 4.79 Å². The van der Waals surface area contributed by atoms with Crippen molar-refractivity contribution < 1.29 is 4.79 Å². The van der Waals surface area contributed by atoms with Crippen molar-refractivity contribution in [2.45, 2.75) is 19.3 Å². The van der Waals surface area contributed by atoms with Crippen molar-refractivity contribution in [1.82, 2.24) is 14.8 Å². The molecular formula is C15H16N4O. The van der Waals surface area contributed by atoms with E-state index >= 15 is 0 Å². The van der Waals surface area contributed by atoms with Crippen LogP contribution in [0.4, 0.5) is 5.69 Å². The number of hydrogen-bond donors (Lipinski definition) is 1. The maximum Gasteiger partial charge on any atom is 0.227 e. The Bertz CT molecular complexity index is 619. The molecule has 0 saturated heterocycles. The second-order valence-electron chi connectivity index (χ2n) is 4.80.